The molecule has 130 valence electrons. The van der Waals surface area contributed by atoms with Crippen LogP contribution in [0.2, 0.25) is 0 Å². The zero-order valence-corrected chi connectivity index (χ0v) is 13.9. The maximum absolute atomic E-state index is 12.4. The molecule has 1 aromatic rings. The van der Waals surface area contributed by atoms with Gasteiger partial charge >= 0.3 is 0 Å². The topological polar surface area (TPSA) is 71.1 Å². The molecule has 0 bridgehead atoms. The highest BCUT2D eigenvalue weighted by molar-refractivity contribution is 5.88. The molecule has 2 amide bonds. The molecule has 0 spiro atoms. The maximum Gasteiger partial charge on any atom is 0.253 e. The Labute approximate surface area is 141 Å². The Morgan fingerprint density at radius 3 is 3.00 bits per heavy atom. The molecule has 2 fully saturated rings. The summed E-state index contributed by atoms with van der Waals surface area (Å²) in [5.41, 5.74) is 1.02. The lowest BCUT2D eigenvalue weighted by Crippen LogP contribution is -2.56. The van der Waals surface area contributed by atoms with Gasteiger partial charge in [-0.05, 0) is 17.7 Å². The Balaban J connectivity index is 1.56. The van der Waals surface area contributed by atoms with E-state index in [1.807, 2.05) is 24.3 Å². The van der Waals surface area contributed by atoms with Crippen LogP contribution < -0.4 is 10.1 Å². The van der Waals surface area contributed by atoms with Crippen molar-refractivity contribution in [1.29, 1.82) is 0 Å². The van der Waals surface area contributed by atoms with Gasteiger partial charge in [0.05, 0.1) is 20.3 Å². The molecule has 0 radical (unpaired) electrons. The van der Waals surface area contributed by atoms with E-state index < -0.39 is 6.10 Å². The highest BCUT2D eigenvalue weighted by atomic mass is 16.5. The van der Waals surface area contributed by atoms with Crippen molar-refractivity contribution >= 4 is 11.8 Å². The Morgan fingerprint density at radius 1 is 1.42 bits per heavy atom. The van der Waals surface area contributed by atoms with Crippen LogP contribution in [-0.2, 0) is 20.9 Å². The van der Waals surface area contributed by atoms with E-state index in [-0.39, 0.29) is 18.4 Å². The van der Waals surface area contributed by atoms with E-state index in [9.17, 15) is 9.59 Å². The zero-order valence-electron chi connectivity index (χ0n) is 13.9. The van der Waals surface area contributed by atoms with Gasteiger partial charge in [0.2, 0.25) is 5.91 Å². The van der Waals surface area contributed by atoms with Gasteiger partial charge in [0.15, 0.2) is 0 Å². The van der Waals surface area contributed by atoms with Gasteiger partial charge in [0.25, 0.3) is 5.91 Å². The number of morpholine rings is 1. The van der Waals surface area contributed by atoms with Crippen LogP contribution in [0.25, 0.3) is 0 Å². The van der Waals surface area contributed by atoms with Gasteiger partial charge in [0, 0.05) is 32.7 Å². The summed E-state index contributed by atoms with van der Waals surface area (Å²) in [6.45, 7) is 3.51. The molecular formula is C17H23N3O4. The van der Waals surface area contributed by atoms with Crippen LogP contribution >= 0.6 is 0 Å². The van der Waals surface area contributed by atoms with Crippen LogP contribution in [0.3, 0.4) is 0 Å². The molecule has 2 aliphatic heterocycles. The summed E-state index contributed by atoms with van der Waals surface area (Å²) >= 11 is 0. The lowest BCUT2D eigenvalue weighted by atomic mass is 10.1. The Morgan fingerprint density at radius 2 is 2.29 bits per heavy atom. The molecule has 7 nitrogen and oxygen atoms in total. The lowest BCUT2D eigenvalue weighted by Gasteiger charge is -2.36. The SMILES string of the molecule is COc1cccc(CN2CCN(C(=O)[C@@H]3CNCCO3)CC2=O)c1. The number of rotatable bonds is 4. The number of benzene rings is 1. The molecule has 2 heterocycles. The first-order valence-corrected chi connectivity index (χ1v) is 8.19. The van der Waals surface area contributed by atoms with Crippen LogP contribution in [0.4, 0.5) is 0 Å². The van der Waals surface area contributed by atoms with Gasteiger partial charge < -0.3 is 24.6 Å². The quantitative estimate of drug-likeness (QED) is 0.830. The van der Waals surface area contributed by atoms with Crippen molar-refractivity contribution in [3.05, 3.63) is 29.8 Å². The standard InChI is InChI=1S/C17H23N3O4/c1-23-14-4-2-3-13(9-14)11-19-6-7-20(12-16(19)21)17(22)15-10-18-5-8-24-15/h2-4,9,15,18H,5-8,10-12H2,1H3/t15-/m0/s1. The second-order valence-corrected chi connectivity index (χ2v) is 5.99. The van der Waals surface area contributed by atoms with E-state index in [0.717, 1.165) is 17.9 Å². The summed E-state index contributed by atoms with van der Waals surface area (Å²) in [6, 6.07) is 7.67. The van der Waals surface area contributed by atoms with Crippen molar-refractivity contribution < 1.29 is 19.1 Å². The molecule has 3 rings (SSSR count). The fourth-order valence-corrected chi connectivity index (χ4v) is 2.98. The third kappa shape index (κ3) is 3.85. The summed E-state index contributed by atoms with van der Waals surface area (Å²) in [5.74, 6) is 0.633. The third-order valence-electron chi connectivity index (χ3n) is 4.34. The molecule has 0 aliphatic carbocycles. The average Bonchev–Trinajstić information content (AvgIpc) is 2.63. The molecule has 0 saturated carbocycles. The minimum Gasteiger partial charge on any atom is -0.497 e. The van der Waals surface area contributed by atoms with Crippen molar-refractivity contribution in [3.63, 3.8) is 0 Å². The molecule has 24 heavy (non-hydrogen) atoms. The van der Waals surface area contributed by atoms with Crippen molar-refractivity contribution in [2.45, 2.75) is 12.6 Å². The Kier molecular flexibility index (Phi) is 5.32. The fourth-order valence-electron chi connectivity index (χ4n) is 2.98. The Bertz CT molecular complexity index is 601. The van der Waals surface area contributed by atoms with Crippen molar-refractivity contribution in [2.75, 3.05) is 46.4 Å². The summed E-state index contributed by atoms with van der Waals surface area (Å²) in [5, 5.41) is 3.14. The number of amides is 2. The number of nitrogens with one attached hydrogen (secondary N) is 1. The molecule has 1 aromatic carbocycles. The first kappa shape index (κ1) is 16.7. The number of methoxy groups -OCH3 is 1. The molecule has 2 aliphatic rings. The fraction of sp³-hybridized carbons (Fsp3) is 0.529. The number of hydrogen-bond acceptors (Lipinski definition) is 5. The molecule has 0 unspecified atom stereocenters. The van der Waals surface area contributed by atoms with Gasteiger partial charge in [-0.25, -0.2) is 0 Å². The minimum atomic E-state index is -0.475. The van der Waals surface area contributed by atoms with Gasteiger partial charge in [-0.2, -0.15) is 0 Å². The summed E-state index contributed by atoms with van der Waals surface area (Å²) in [7, 11) is 1.62. The largest absolute Gasteiger partial charge is 0.497 e. The normalized spacial score (nSPS) is 21.7. The van der Waals surface area contributed by atoms with Crippen molar-refractivity contribution in [3.8, 4) is 5.75 Å². The van der Waals surface area contributed by atoms with E-state index in [1.54, 1.807) is 16.9 Å². The highest BCUT2D eigenvalue weighted by Gasteiger charge is 2.32. The van der Waals surface area contributed by atoms with Gasteiger partial charge in [-0.3, -0.25) is 9.59 Å². The number of carbonyl (C=O) groups is 2. The highest BCUT2D eigenvalue weighted by Crippen LogP contribution is 2.16. The predicted octanol–water partition coefficient (Wildman–Crippen LogP) is -0.146. The van der Waals surface area contributed by atoms with Crippen LogP contribution in [0.15, 0.2) is 24.3 Å². The van der Waals surface area contributed by atoms with Gasteiger partial charge in [-0.1, -0.05) is 12.1 Å². The van der Waals surface area contributed by atoms with E-state index >= 15 is 0 Å². The second kappa shape index (κ2) is 7.63. The second-order valence-electron chi connectivity index (χ2n) is 5.99. The summed E-state index contributed by atoms with van der Waals surface area (Å²) in [6.07, 6.45) is -0.475. The summed E-state index contributed by atoms with van der Waals surface area (Å²) in [4.78, 5) is 28.2. The monoisotopic (exact) mass is 333 g/mol. The van der Waals surface area contributed by atoms with Gasteiger partial charge in [0.1, 0.15) is 11.9 Å². The molecule has 7 heteroatoms. The molecule has 1 atom stereocenters. The lowest BCUT2D eigenvalue weighted by molar-refractivity contribution is -0.153. The van der Waals surface area contributed by atoms with Crippen LogP contribution in [0, 0.1) is 0 Å². The van der Waals surface area contributed by atoms with E-state index in [1.165, 1.54) is 0 Å². The predicted molar refractivity (Wildman–Crippen MR) is 87.6 cm³/mol. The minimum absolute atomic E-state index is 0.0406. The molecule has 1 N–H and O–H groups in total. The van der Waals surface area contributed by atoms with Crippen molar-refractivity contribution in [1.82, 2.24) is 15.1 Å². The van der Waals surface area contributed by atoms with E-state index in [2.05, 4.69) is 5.32 Å². The van der Waals surface area contributed by atoms with Crippen LogP contribution in [-0.4, -0.2) is 74.2 Å². The van der Waals surface area contributed by atoms with E-state index in [4.69, 9.17) is 9.47 Å². The maximum atomic E-state index is 12.4. The number of ether oxygens (including phenoxy) is 2. The number of hydrogen-bond donors (Lipinski definition) is 1. The van der Waals surface area contributed by atoms with Crippen molar-refractivity contribution in [2.24, 2.45) is 0 Å². The molecule has 2 saturated heterocycles. The first-order valence-electron chi connectivity index (χ1n) is 8.19. The average molecular weight is 333 g/mol. The Hall–Kier alpha value is -2.12. The molecular weight excluding hydrogens is 310 g/mol. The van der Waals surface area contributed by atoms with Gasteiger partial charge in [-0.15, -0.1) is 0 Å². The zero-order chi connectivity index (χ0) is 16.9. The third-order valence-corrected chi connectivity index (χ3v) is 4.34. The first-order chi connectivity index (χ1) is 11.7. The molecule has 0 aromatic heterocycles. The number of piperazine rings is 1. The smallest absolute Gasteiger partial charge is 0.253 e. The summed E-state index contributed by atoms with van der Waals surface area (Å²) < 4.78 is 10.7. The number of nitrogens with zero attached hydrogens (tertiary/aromatic N) is 2. The van der Waals surface area contributed by atoms with E-state index in [0.29, 0.717) is 32.8 Å². The number of carbonyl (C=O) groups excluding carboxylic acids is 2. The van der Waals surface area contributed by atoms with Crippen LogP contribution in [0.1, 0.15) is 5.56 Å². The van der Waals surface area contributed by atoms with Crippen LogP contribution in [0.5, 0.6) is 5.75 Å².